The number of likely N-dealkylation sites (tertiary alicyclic amines) is 1. The van der Waals surface area contributed by atoms with Crippen molar-refractivity contribution in [2.75, 3.05) is 19.7 Å². The largest absolute Gasteiger partial charge is 0.493 e. The van der Waals surface area contributed by atoms with Gasteiger partial charge >= 0.3 is 5.00 Å². The smallest absolute Gasteiger partial charge is 0.324 e. The summed E-state index contributed by atoms with van der Waals surface area (Å²) in [6, 6.07) is 11.6. The first kappa shape index (κ1) is 16.0. The Morgan fingerprint density at radius 1 is 1.35 bits per heavy atom. The van der Waals surface area contributed by atoms with Gasteiger partial charge in [-0.25, -0.2) is 0 Å². The third-order valence-corrected chi connectivity index (χ3v) is 4.99. The van der Waals surface area contributed by atoms with Crippen LogP contribution >= 0.6 is 11.3 Å². The van der Waals surface area contributed by atoms with Gasteiger partial charge in [0.15, 0.2) is 0 Å². The fourth-order valence-electron chi connectivity index (χ4n) is 2.96. The Bertz CT molecular complexity index is 644. The fourth-order valence-corrected chi connectivity index (χ4v) is 3.68. The van der Waals surface area contributed by atoms with Gasteiger partial charge in [0.05, 0.1) is 11.5 Å². The van der Waals surface area contributed by atoms with E-state index >= 15 is 0 Å². The van der Waals surface area contributed by atoms with Crippen LogP contribution in [0.25, 0.3) is 0 Å². The molecule has 0 spiro atoms. The predicted molar refractivity (Wildman–Crippen MR) is 90.9 cm³/mol. The summed E-state index contributed by atoms with van der Waals surface area (Å²) in [5.74, 6) is 1.43. The number of hydrogen-bond acceptors (Lipinski definition) is 5. The lowest BCUT2D eigenvalue weighted by molar-refractivity contribution is -0.380. The van der Waals surface area contributed by atoms with Crippen molar-refractivity contribution >= 4 is 16.3 Å². The van der Waals surface area contributed by atoms with Crippen LogP contribution in [0.3, 0.4) is 0 Å². The number of para-hydroxylation sites is 1. The van der Waals surface area contributed by atoms with Crippen LogP contribution < -0.4 is 4.74 Å². The highest BCUT2D eigenvalue weighted by atomic mass is 32.1. The Labute approximate surface area is 139 Å². The Morgan fingerprint density at radius 3 is 2.91 bits per heavy atom. The van der Waals surface area contributed by atoms with E-state index in [1.165, 1.54) is 17.8 Å². The zero-order chi connectivity index (χ0) is 16.1. The fraction of sp³-hybridized carbons (Fsp3) is 0.412. The minimum atomic E-state index is -0.319. The van der Waals surface area contributed by atoms with Crippen molar-refractivity contribution in [3.05, 3.63) is 57.5 Å². The second-order valence-corrected chi connectivity index (χ2v) is 6.81. The first-order valence-electron chi connectivity index (χ1n) is 7.83. The van der Waals surface area contributed by atoms with Crippen molar-refractivity contribution in [3.63, 3.8) is 0 Å². The Balaban J connectivity index is 1.50. The van der Waals surface area contributed by atoms with Crippen molar-refractivity contribution in [1.82, 2.24) is 4.90 Å². The molecule has 2 aromatic rings. The van der Waals surface area contributed by atoms with Gasteiger partial charge in [-0.1, -0.05) is 29.5 Å². The van der Waals surface area contributed by atoms with Gasteiger partial charge in [0.25, 0.3) is 0 Å². The third-order valence-electron chi connectivity index (χ3n) is 4.06. The summed E-state index contributed by atoms with van der Waals surface area (Å²) in [5, 5.41) is 12.9. The standard InChI is InChI=1S/C17H20N2O3S/c20-19(21)17-9-15(13-23-17)11-18-8-4-5-14(10-18)12-22-16-6-2-1-3-7-16/h1-3,6-7,9,13-14H,4-5,8,10-12H2. The second-order valence-electron chi connectivity index (χ2n) is 5.92. The maximum absolute atomic E-state index is 10.8. The molecule has 3 rings (SSSR count). The Hall–Kier alpha value is -1.92. The van der Waals surface area contributed by atoms with Crippen molar-refractivity contribution in [1.29, 1.82) is 0 Å². The lowest BCUT2D eigenvalue weighted by Gasteiger charge is -2.32. The highest BCUT2D eigenvalue weighted by molar-refractivity contribution is 7.13. The molecule has 122 valence electrons. The number of nitro groups is 1. The van der Waals surface area contributed by atoms with Crippen molar-refractivity contribution in [2.24, 2.45) is 5.92 Å². The molecule has 0 amide bonds. The molecule has 1 atom stereocenters. The number of hydrogen-bond donors (Lipinski definition) is 0. The molecule has 1 fully saturated rings. The number of thiophene rings is 1. The van der Waals surface area contributed by atoms with Gasteiger partial charge in [0, 0.05) is 30.5 Å². The summed E-state index contributed by atoms with van der Waals surface area (Å²) in [4.78, 5) is 12.8. The van der Waals surface area contributed by atoms with E-state index in [4.69, 9.17) is 4.74 Å². The SMILES string of the molecule is O=[N+]([O-])c1cc(CN2CCCC(COc3ccccc3)C2)cs1. The topological polar surface area (TPSA) is 55.6 Å². The number of benzene rings is 1. The third kappa shape index (κ3) is 4.53. The van der Waals surface area contributed by atoms with Crippen LogP contribution in [0.2, 0.25) is 0 Å². The predicted octanol–water partition coefficient (Wildman–Crippen LogP) is 3.95. The van der Waals surface area contributed by atoms with E-state index in [9.17, 15) is 10.1 Å². The lowest BCUT2D eigenvalue weighted by Crippen LogP contribution is -2.37. The molecule has 1 saturated heterocycles. The van der Waals surface area contributed by atoms with E-state index in [0.717, 1.165) is 44.0 Å². The first-order chi connectivity index (χ1) is 11.2. The molecule has 0 radical (unpaired) electrons. The number of nitrogens with zero attached hydrogens (tertiary/aromatic N) is 2. The minimum absolute atomic E-state index is 0.223. The van der Waals surface area contributed by atoms with Gasteiger partial charge < -0.3 is 4.74 Å². The molecule has 0 bridgehead atoms. The summed E-state index contributed by atoms with van der Waals surface area (Å²) in [5.41, 5.74) is 1.03. The maximum Gasteiger partial charge on any atom is 0.324 e. The molecule has 1 aliphatic heterocycles. The quantitative estimate of drug-likeness (QED) is 0.594. The van der Waals surface area contributed by atoms with Crippen molar-refractivity contribution in [2.45, 2.75) is 19.4 Å². The average Bonchev–Trinajstić information content (AvgIpc) is 3.03. The minimum Gasteiger partial charge on any atom is -0.493 e. The Kier molecular flexibility index (Phi) is 5.25. The van der Waals surface area contributed by atoms with Crippen LogP contribution in [0, 0.1) is 16.0 Å². The number of rotatable bonds is 6. The molecule has 1 unspecified atom stereocenters. The molecule has 0 N–H and O–H groups in total. The van der Waals surface area contributed by atoms with E-state index in [-0.39, 0.29) is 9.92 Å². The van der Waals surface area contributed by atoms with Crippen LogP contribution in [-0.2, 0) is 6.54 Å². The summed E-state index contributed by atoms with van der Waals surface area (Å²) in [7, 11) is 0. The molecule has 1 aromatic heterocycles. The lowest BCUT2D eigenvalue weighted by atomic mass is 9.98. The molecule has 5 nitrogen and oxygen atoms in total. The van der Waals surface area contributed by atoms with E-state index in [0.29, 0.717) is 5.92 Å². The molecule has 0 aliphatic carbocycles. The van der Waals surface area contributed by atoms with Gasteiger partial charge in [-0.3, -0.25) is 15.0 Å². The van der Waals surface area contributed by atoms with Crippen LogP contribution in [0.5, 0.6) is 5.75 Å². The van der Waals surface area contributed by atoms with Gasteiger partial charge in [0.1, 0.15) is 5.75 Å². The van der Waals surface area contributed by atoms with E-state index < -0.39 is 0 Å². The molecule has 1 aromatic carbocycles. The van der Waals surface area contributed by atoms with Crippen LogP contribution in [0.1, 0.15) is 18.4 Å². The van der Waals surface area contributed by atoms with Crippen molar-refractivity contribution < 1.29 is 9.66 Å². The summed E-state index contributed by atoms with van der Waals surface area (Å²) in [6.45, 7) is 3.54. The average molecular weight is 332 g/mol. The summed E-state index contributed by atoms with van der Waals surface area (Å²) in [6.07, 6.45) is 2.32. The highest BCUT2D eigenvalue weighted by Crippen LogP contribution is 2.25. The van der Waals surface area contributed by atoms with Gasteiger partial charge in [-0.05, 0) is 37.1 Å². The molecule has 6 heteroatoms. The zero-order valence-electron chi connectivity index (χ0n) is 12.9. The second kappa shape index (κ2) is 7.57. The van der Waals surface area contributed by atoms with Crippen LogP contribution in [0.4, 0.5) is 5.00 Å². The van der Waals surface area contributed by atoms with Crippen LogP contribution in [0.15, 0.2) is 41.8 Å². The zero-order valence-corrected chi connectivity index (χ0v) is 13.7. The van der Waals surface area contributed by atoms with Crippen molar-refractivity contribution in [3.8, 4) is 5.75 Å². The van der Waals surface area contributed by atoms with E-state index in [1.54, 1.807) is 6.07 Å². The first-order valence-corrected chi connectivity index (χ1v) is 8.70. The molecule has 0 saturated carbocycles. The number of ether oxygens (including phenoxy) is 1. The van der Waals surface area contributed by atoms with Crippen LogP contribution in [-0.4, -0.2) is 29.5 Å². The molecular weight excluding hydrogens is 312 g/mol. The Morgan fingerprint density at radius 2 is 2.17 bits per heavy atom. The van der Waals surface area contributed by atoms with Gasteiger partial charge in [-0.15, -0.1) is 0 Å². The normalized spacial score (nSPS) is 18.7. The molecule has 2 heterocycles. The maximum atomic E-state index is 10.8. The molecule has 23 heavy (non-hydrogen) atoms. The van der Waals surface area contributed by atoms with Gasteiger partial charge in [-0.2, -0.15) is 0 Å². The summed E-state index contributed by atoms with van der Waals surface area (Å²) >= 11 is 1.20. The van der Waals surface area contributed by atoms with E-state index in [2.05, 4.69) is 4.90 Å². The monoisotopic (exact) mass is 332 g/mol. The summed E-state index contributed by atoms with van der Waals surface area (Å²) < 4.78 is 5.87. The molecule has 1 aliphatic rings. The van der Waals surface area contributed by atoms with Gasteiger partial charge in [0.2, 0.25) is 0 Å². The highest BCUT2D eigenvalue weighted by Gasteiger charge is 2.21. The number of piperidine rings is 1. The van der Waals surface area contributed by atoms with E-state index in [1.807, 2.05) is 35.7 Å². The molecular formula is C17H20N2O3S.